The third-order valence-corrected chi connectivity index (χ3v) is 8.21. The molecule has 5 rings (SSSR count). The normalized spacial score (nSPS) is 17.6. The van der Waals surface area contributed by atoms with Gasteiger partial charge in [0.25, 0.3) is 5.91 Å². The summed E-state index contributed by atoms with van der Waals surface area (Å²) in [5, 5.41) is 3.73. The summed E-state index contributed by atoms with van der Waals surface area (Å²) in [4.78, 5) is 23.2. The van der Waals surface area contributed by atoms with Gasteiger partial charge in [-0.15, -0.1) is 0 Å². The van der Waals surface area contributed by atoms with Gasteiger partial charge in [0.1, 0.15) is 5.03 Å². The van der Waals surface area contributed by atoms with Crippen LogP contribution in [0, 0.1) is 0 Å². The highest BCUT2D eigenvalue weighted by Gasteiger charge is 2.75. The Morgan fingerprint density at radius 2 is 1.72 bits per heavy atom. The van der Waals surface area contributed by atoms with Gasteiger partial charge in [0.15, 0.2) is 0 Å². The fourth-order valence-corrected chi connectivity index (χ4v) is 6.39. The average molecular weight is 608 g/mol. The Kier molecular flexibility index (Phi) is 6.93. The van der Waals surface area contributed by atoms with Crippen LogP contribution in [-0.4, -0.2) is 52.6 Å². The number of carbonyl (C=O) groups excluding carboxylic acids is 1. The maximum atomic E-state index is 14.0. The number of para-hydroxylation sites is 1. The van der Waals surface area contributed by atoms with E-state index in [4.69, 9.17) is 23.2 Å². The van der Waals surface area contributed by atoms with Gasteiger partial charge < -0.3 is 5.32 Å². The highest BCUT2D eigenvalue weighted by Crippen LogP contribution is 2.56. The monoisotopic (exact) mass is 607 g/mol. The minimum atomic E-state index is -5.60. The van der Waals surface area contributed by atoms with Gasteiger partial charge in [-0.3, -0.25) is 14.6 Å². The van der Waals surface area contributed by atoms with E-state index in [0.29, 0.717) is 15.6 Å². The molecule has 1 N–H and O–H groups in total. The van der Waals surface area contributed by atoms with Crippen LogP contribution in [0.1, 0.15) is 21.5 Å². The molecule has 15 heteroatoms. The Labute approximate surface area is 232 Å². The van der Waals surface area contributed by atoms with Gasteiger partial charge >= 0.3 is 12.4 Å². The zero-order chi connectivity index (χ0) is 28.3. The lowest BCUT2D eigenvalue weighted by Crippen LogP contribution is -2.65. The predicted octanol–water partition coefficient (Wildman–Crippen LogP) is 7.04. The second-order valence-corrected chi connectivity index (χ2v) is 10.6. The Morgan fingerprint density at radius 1 is 1.05 bits per heavy atom. The highest BCUT2D eigenvalue weighted by atomic mass is 35.5. The number of aromatic nitrogens is 2. The van der Waals surface area contributed by atoms with Crippen molar-refractivity contribution in [3.63, 3.8) is 0 Å². The molecule has 3 aromatic rings. The molecule has 0 saturated heterocycles. The average Bonchev–Trinajstić information content (AvgIpc) is 2.83. The van der Waals surface area contributed by atoms with Crippen LogP contribution >= 0.6 is 35.0 Å². The van der Waals surface area contributed by atoms with E-state index in [1.165, 1.54) is 28.9 Å². The van der Waals surface area contributed by atoms with Crippen LogP contribution in [-0.2, 0) is 12.0 Å². The molecule has 0 spiro atoms. The predicted molar refractivity (Wildman–Crippen MR) is 136 cm³/mol. The number of alkyl halides is 6. The van der Waals surface area contributed by atoms with Crippen molar-refractivity contribution in [1.82, 2.24) is 14.9 Å². The van der Waals surface area contributed by atoms with Crippen LogP contribution in [0.4, 0.5) is 43.7 Å². The van der Waals surface area contributed by atoms with Crippen LogP contribution in [0.3, 0.4) is 0 Å². The number of nitrogens with zero attached hydrogens (tertiary/aromatic N) is 4. The number of amides is 1. The van der Waals surface area contributed by atoms with Crippen LogP contribution in [0.2, 0.25) is 10.0 Å². The third kappa shape index (κ3) is 4.48. The van der Waals surface area contributed by atoms with Gasteiger partial charge in [-0.05, 0) is 48.9 Å². The first-order chi connectivity index (χ1) is 18.3. The van der Waals surface area contributed by atoms with Gasteiger partial charge in [0, 0.05) is 18.4 Å². The first kappa shape index (κ1) is 27.8. The summed E-state index contributed by atoms with van der Waals surface area (Å²) < 4.78 is 84.0. The van der Waals surface area contributed by atoms with Gasteiger partial charge in [-0.2, -0.15) is 26.3 Å². The lowest BCUT2D eigenvalue weighted by Gasteiger charge is -2.47. The molecule has 206 valence electrons. The minimum Gasteiger partial charge on any atom is -0.324 e. The van der Waals surface area contributed by atoms with Crippen molar-refractivity contribution in [2.75, 3.05) is 29.7 Å². The fraction of sp³-hybridized carbons (Fsp3) is 0.292. The van der Waals surface area contributed by atoms with Gasteiger partial charge in [-0.25, -0.2) is 9.97 Å². The van der Waals surface area contributed by atoms with Crippen LogP contribution < -0.4 is 10.2 Å². The van der Waals surface area contributed by atoms with E-state index in [2.05, 4.69) is 15.3 Å². The molecule has 6 nitrogen and oxygen atoms in total. The van der Waals surface area contributed by atoms with E-state index >= 15 is 0 Å². The molecule has 0 unspecified atom stereocenters. The zero-order valence-electron chi connectivity index (χ0n) is 19.8. The first-order valence-electron chi connectivity index (χ1n) is 11.3. The molecule has 39 heavy (non-hydrogen) atoms. The lowest BCUT2D eigenvalue weighted by molar-refractivity contribution is -0.347. The summed E-state index contributed by atoms with van der Waals surface area (Å²) in [6.45, 7) is -0.449. The van der Waals surface area contributed by atoms with Crippen molar-refractivity contribution in [3.8, 4) is 0 Å². The standard InChI is InChI=1S/C24H17Cl2F6N5OS/c1-36-8-7-12-9-13(5-6-15(12)22(36,23(27,28)29)24(30,31)32)34-21-33-10-14-19(35-21)39-11-37(20(14)38)18-16(25)3-2-4-17(18)26/h2-6,9-10H,7-8,11H2,1H3,(H,33,34,35). The van der Waals surface area contributed by atoms with E-state index in [9.17, 15) is 31.1 Å². The summed E-state index contributed by atoms with van der Waals surface area (Å²) in [6, 6.07) is 8.03. The molecule has 2 aromatic carbocycles. The zero-order valence-corrected chi connectivity index (χ0v) is 22.1. The molecular weight excluding hydrogens is 591 g/mol. The van der Waals surface area contributed by atoms with Crippen molar-refractivity contribution in [3.05, 3.63) is 69.3 Å². The molecular formula is C24H17Cl2F6N5OS. The number of thioether (sulfide) groups is 1. The van der Waals surface area contributed by atoms with E-state index < -0.39 is 35.9 Å². The molecule has 1 amide bonds. The van der Waals surface area contributed by atoms with E-state index in [1.807, 2.05) is 0 Å². The number of halogens is 8. The van der Waals surface area contributed by atoms with E-state index in [0.717, 1.165) is 19.2 Å². The summed E-state index contributed by atoms with van der Waals surface area (Å²) >= 11 is 13.7. The molecule has 0 bridgehead atoms. The van der Waals surface area contributed by atoms with Crippen LogP contribution in [0.15, 0.2) is 47.6 Å². The topological polar surface area (TPSA) is 61.4 Å². The van der Waals surface area contributed by atoms with Gasteiger partial charge in [0.05, 0.1) is 27.2 Å². The molecule has 0 fully saturated rings. The van der Waals surface area contributed by atoms with Crippen molar-refractivity contribution in [2.45, 2.75) is 29.3 Å². The molecule has 3 heterocycles. The third-order valence-electron chi connectivity index (χ3n) is 6.63. The number of anilines is 3. The first-order valence-corrected chi connectivity index (χ1v) is 13.0. The number of nitrogens with one attached hydrogen (secondary N) is 1. The molecule has 0 radical (unpaired) electrons. The molecule has 1 aromatic heterocycles. The second kappa shape index (κ2) is 9.72. The second-order valence-electron chi connectivity index (χ2n) is 8.86. The summed E-state index contributed by atoms with van der Waals surface area (Å²) in [6.07, 6.45) is -9.94. The quantitative estimate of drug-likeness (QED) is 0.254. The maximum Gasteiger partial charge on any atom is 0.419 e. The van der Waals surface area contributed by atoms with Crippen molar-refractivity contribution < 1.29 is 31.1 Å². The summed E-state index contributed by atoms with van der Waals surface area (Å²) in [5.74, 6) is -0.266. The number of benzene rings is 2. The molecule has 2 aliphatic heterocycles. The number of likely N-dealkylation sites (N-methyl/N-ethyl adjacent to an activating group) is 1. The van der Waals surface area contributed by atoms with E-state index in [-0.39, 0.29) is 45.1 Å². The smallest absolute Gasteiger partial charge is 0.324 e. The Hall–Kier alpha value is -2.74. The number of fused-ring (bicyclic) bond motifs is 2. The lowest BCUT2D eigenvalue weighted by atomic mass is 9.79. The highest BCUT2D eigenvalue weighted by molar-refractivity contribution is 7.99. The SMILES string of the molecule is CN1CCc2cc(Nc3ncc4c(n3)SCN(c3c(Cl)cccc3Cl)C4=O)ccc2C1(C(F)(F)F)C(F)(F)F. The number of rotatable bonds is 3. The minimum absolute atomic E-state index is 0.0176. The van der Waals surface area contributed by atoms with Crippen molar-refractivity contribution in [1.29, 1.82) is 0 Å². The number of carbonyl (C=O) groups is 1. The van der Waals surface area contributed by atoms with Gasteiger partial charge in [0.2, 0.25) is 11.5 Å². The van der Waals surface area contributed by atoms with E-state index in [1.54, 1.807) is 18.2 Å². The molecule has 0 aliphatic carbocycles. The molecule has 0 atom stereocenters. The van der Waals surface area contributed by atoms with Crippen molar-refractivity contribution in [2.24, 2.45) is 0 Å². The summed E-state index contributed by atoms with van der Waals surface area (Å²) in [5.41, 5.74) is -4.36. The Bertz CT molecular complexity index is 1430. The van der Waals surface area contributed by atoms with Crippen LogP contribution in [0.5, 0.6) is 0 Å². The fourth-order valence-electron chi connectivity index (χ4n) is 4.85. The largest absolute Gasteiger partial charge is 0.419 e. The maximum absolute atomic E-state index is 14.0. The molecule has 0 saturated carbocycles. The Morgan fingerprint density at radius 3 is 2.36 bits per heavy atom. The van der Waals surface area contributed by atoms with Crippen molar-refractivity contribution >= 4 is 58.2 Å². The summed E-state index contributed by atoms with van der Waals surface area (Å²) in [7, 11) is 0.816. The van der Waals surface area contributed by atoms with Gasteiger partial charge in [-0.1, -0.05) is 47.1 Å². The van der Waals surface area contributed by atoms with Crippen LogP contribution in [0.25, 0.3) is 0 Å². The number of hydrogen-bond acceptors (Lipinski definition) is 6. The Balaban J connectivity index is 1.44. The molecule has 2 aliphatic rings. The number of hydrogen-bond donors (Lipinski definition) is 1.